The second-order valence-corrected chi connectivity index (χ2v) is 7.06. The average Bonchev–Trinajstić information content (AvgIpc) is 2.52. The molecule has 0 aliphatic carbocycles. The number of rotatable bonds is 5. The summed E-state index contributed by atoms with van der Waals surface area (Å²) >= 11 is 2.24. The molecule has 1 heterocycles. The Bertz CT molecular complexity index is 493. The van der Waals surface area contributed by atoms with Crippen molar-refractivity contribution in [1.82, 2.24) is 4.90 Å². The topological polar surface area (TPSA) is 71.1 Å². The smallest absolute Gasteiger partial charge is 0.191 e. The number of aliphatic imine (C=N–C) groups is 1. The van der Waals surface area contributed by atoms with Crippen molar-refractivity contribution in [3.63, 3.8) is 0 Å². The molecule has 1 saturated heterocycles. The number of hydrogen-bond donors (Lipinski definition) is 2. The van der Waals surface area contributed by atoms with Crippen LogP contribution in [0.4, 0.5) is 0 Å². The molecule has 0 spiro atoms. The number of aliphatic hydroxyl groups excluding tert-OH is 1. The molecule has 1 aromatic carbocycles. The minimum Gasteiger partial charge on any atom is -0.491 e. The van der Waals surface area contributed by atoms with Crippen molar-refractivity contribution in [2.75, 3.05) is 26.2 Å². The quantitative estimate of drug-likeness (QED) is 0.437. The first-order valence-corrected chi connectivity index (χ1v) is 8.74. The molecule has 5 nitrogen and oxygen atoms in total. The fourth-order valence-corrected chi connectivity index (χ4v) is 2.83. The molecule has 3 N–H and O–H groups in total. The lowest BCUT2D eigenvalue weighted by molar-refractivity contribution is 0.114. The molecular formula is C16H24IN3O2. The van der Waals surface area contributed by atoms with E-state index in [1.165, 1.54) is 6.42 Å². The van der Waals surface area contributed by atoms with Crippen LogP contribution in [0.1, 0.15) is 19.8 Å². The van der Waals surface area contributed by atoms with Gasteiger partial charge in [-0.2, -0.15) is 0 Å². The predicted octanol–water partition coefficient (Wildman–Crippen LogP) is 2.08. The molecule has 2 unspecified atom stereocenters. The van der Waals surface area contributed by atoms with Gasteiger partial charge in [-0.25, -0.2) is 0 Å². The van der Waals surface area contributed by atoms with Crippen molar-refractivity contribution in [3.8, 4) is 5.75 Å². The number of piperidine rings is 1. The van der Waals surface area contributed by atoms with E-state index in [9.17, 15) is 5.11 Å². The third kappa shape index (κ3) is 5.64. The van der Waals surface area contributed by atoms with Crippen molar-refractivity contribution >= 4 is 28.6 Å². The number of hydrogen-bond acceptors (Lipinski definition) is 3. The Kier molecular flexibility index (Phi) is 6.75. The van der Waals surface area contributed by atoms with Gasteiger partial charge in [0.2, 0.25) is 0 Å². The summed E-state index contributed by atoms with van der Waals surface area (Å²) < 4.78 is 6.69. The Hall–Kier alpha value is -1.02. The maximum absolute atomic E-state index is 9.96. The van der Waals surface area contributed by atoms with Crippen LogP contribution in [0.2, 0.25) is 0 Å². The molecule has 122 valence electrons. The zero-order valence-corrected chi connectivity index (χ0v) is 15.1. The van der Waals surface area contributed by atoms with E-state index in [1.54, 1.807) is 0 Å². The zero-order chi connectivity index (χ0) is 15.9. The molecule has 0 aromatic heterocycles. The van der Waals surface area contributed by atoms with Crippen molar-refractivity contribution < 1.29 is 9.84 Å². The summed E-state index contributed by atoms with van der Waals surface area (Å²) in [7, 11) is 0. The van der Waals surface area contributed by atoms with E-state index in [0.29, 0.717) is 11.9 Å². The first kappa shape index (κ1) is 17.3. The molecule has 2 atom stereocenters. The molecule has 1 aliphatic rings. The summed E-state index contributed by atoms with van der Waals surface area (Å²) in [5.41, 5.74) is 6.01. The minimum atomic E-state index is -0.653. The van der Waals surface area contributed by atoms with E-state index in [0.717, 1.165) is 28.8 Å². The van der Waals surface area contributed by atoms with Gasteiger partial charge in [0.05, 0.1) is 6.54 Å². The molecule has 1 fully saturated rings. The number of benzene rings is 1. The van der Waals surface area contributed by atoms with Gasteiger partial charge in [0.25, 0.3) is 0 Å². The standard InChI is InChI=1S/C16H24IN3O2/c1-12-3-2-8-20(10-12)16(18)19-9-14(21)11-22-15-6-4-13(17)5-7-15/h4-7,12,14,21H,2-3,8-11H2,1H3,(H2,18,19). The van der Waals surface area contributed by atoms with E-state index in [-0.39, 0.29) is 13.2 Å². The molecule has 22 heavy (non-hydrogen) atoms. The largest absolute Gasteiger partial charge is 0.491 e. The highest BCUT2D eigenvalue weighted by Gasteiger charge is 2.17. The van der Waals surface area contributed by atoms with E-state index in [2.05, 4.69) is 39.4 Å². The average molecular weight is 417 g/mol. The third-order valence-corrected chi connectivity index (χ3v) is 4.42. The lowest BCUT2D eigenvalue weighted by atomic mass is 10.0. The van der Waals surface area contributed by atoms with Gasteiger partial charge in [-0.1, -0.05) is 6.92 Å². The second kappa shape index (κ2) is 8.57. The summed E-state index contributed by atoms with van der Waals surface area (Å²) in [6, 6.07) is 7.72. The fraction of sp³-hybridized carbons (Fsp3) is 0.562. The molecule has 1 aromatic rings. The summed E-state index contributed by atoms with van der Waals surface area (Å²) in [4.78, 5) is 6.40. The highest BCUT2D eigenvalue weighted by atomic mass is 127. The monoisotopic (exact) mass is 417 g/mol. The zero-order valence-electron chi connectivity index (χ0n) is 12.9. The highest BCUT2D eigenvalue weighted by molar-refractivity contribution is 14.1. The van der Waals surface area contributed by atoms with Gasteiger partial charge in [-0.3, -0.25) is 4.99 Å². The number of likely N-dealkylation sites (tertiary alicyclic amines) is 1. The van der Waals surface area contributed by atoms with E-state index >= 15 is 0 Å². The van der Waals surface area contributed by atoms with Crippen LogP contribution in [0.25, 0.3) is 0 Å². The SMILES string of the molecule is CC1CCCN(C(N)=NCC(O)COc2ccc(I)cc2)C1. The molecule has 2 rings (SSSR count). The number of nitrogens with zero attached hydrogens (tertiary/aromatic N) is 2. The molecule has 0 amide bonds. The van der Waals surface area contributed by atoms with Crippen molar-refractivity contribution in [1.29, 1.82) is 0 Å². The summed E-state index contributed by atoms with van der Waals surface area (Å²) in [5.74, 6) is 1.93. The number of guanidine groups is 1. The number of ether oxygens (including phenoxy) is 1. The summed E-state index contributed by atoms with van der Waals surface area (Å²) in [5, 5.41) is 9.96. The first-order valence-electron chi connectivity index (χ1n) is 7.66. The summed E-state index contributed by atoms with van der Waals surface area (Å²) in [6.07, 6.45) is 1.74. The Balaban J connectivity index is 1.75. The number of halogens is 1. The molecule has 0 radical (unpaired) electrons. The van der Waals surface area contributed by atoms with Crippen LogP contribution < -0.4 is 10.5 Å². The Morgan fingerprint density at radius 2 is 2.23 bits per heavy atom. The number of aliphatic hydroxyl groups is 1. The lowest BCUT2D eigenvalue weighted by Crippen LogP contribution is -2.44. The van der Waals surface area contributed by atoms with Crippen molar-refractivity contribution in [3.05, 3.63) is 27.8 Å². The van der Waals surface area contributed by atoms with Crippen molar-refractivity contribution in [2.24, 2.45) is 16.6 Å². The molecular weight excluding hydrogens is 393 g/mol. The molecule has 0 bridgehead atoms. The maximum atomic E-state index is 9.96. The molecule has 6 heteroatoms. The fourth-order valence-electron chi connectivity index (χ4n) is 2.47. The first-order chi connectivity index (χ1) is 10.5. The van der Waals surface area contributed by atoms with Crippen LogP contribution in [0.3, 0.4) is 0 Å². The lowest BCUT2D eigenvalue weighted by Gasteiger charge is -2.31. The minimum absolute atomic E-state index is 0.216. The van der Waals surface area contributed by atoms with E-state index in [4.69, 9.17) is 10.5 Å². The van der Waals surface area contributed by atoms with E-state index in [1.807, 2.05) is 24.3 Å². The van der Waals surface area contributed by atoms with E-state index < -0.39 is 6.10 Å². The summed E-state index contributed by atoms with van der Waals surface area (Å²) in [6.45, 7) is 4.61. The maximum Gasteiger partial charge on any atom is 0.191 e. The van der Waals surface area contributed by atoms with Crippen molar-refractivity contribution in [2.45, 2.75) is 25.9 Å². The third-order valence-electron chi connectivity index (χ3n) is 3.70. The van der Waals surface area contributed by atoms with Gasteiger partial charge in [0, 0.05) is 16.7 Å². The Morgan fingerprint density at radius 1 is 1.50 bits per heavy atom. The van der Waals surface area contributed by atoms with Crippen LogP contribution in [0.15, 0.2) is 29.3 Å². The van der Waals surface area contributed by atoms with Crippen LogP contribution in [0, 0.1) is 9.49 Å². The van der Waals surface area contributed by atoms with Gasteiger partial charge in [0.15, 0.2) is 5.96 Å². The highest BCUT2D eigenvalue weighted by Crippen LogP contribution is 2.15. The second-order valence-electron chi connectivity index (χ2n) is 5.81. The molecule has 1 aliphatic heterocycles. The Morgan fingerprint density at radius 3 is 2.91 bits per heavy atom. The van der Waals surface area contributed by atoms with Gasteiger partial charge >= 0.3 is 0 Å². The van der Waals surface area contributed by atoms with Crippen LogP contribution >= 0.6 is 22.6 Å². The van der Waals surface area contributed by atoms with Crippen LogP contribution in [-0.2, 0) is 0 Å². The Labute approximate surface area is 145 Å². The van der Waals surface area contributed by atoms with Crippen LogP contribution in [0.5, 0.6) is 5.75 Å². The van der Waals surface area contributed by atoms with Crippen LogP contribution in [-0.4, -0.2) is 48.3 Å². The van der Waals surface area contributed by atoms with Gasteiger partial charge < -0.3 is 20.5 Å². The van der Waals surface area contributed by atoms with Gasteiger partial charge in [0.1, 0.15) is 18.5 Å². The normalized spacial score (nSPS) is 20.8. The van der Waals surface area contributed by atoms with Gasteiger partial charge in [-0.15, -0.1) is 0 Å². The predicted molar refractivity (Wildman–Crippen MR) is 97.1 cm³/mol. The number of nitrogens with two attached hydrogens (primary N) is 1. The van der Waals surface area contributed by atoms with Gasteiger partial charge in [-0.05, 0) is 65.6 Å². The molecule has 0 saturated carbocycles.